The summed E-state index contributed by atoms with van der Waals surface area (Å²) in [5.41, 5.74) is 2.82. The lowest BCUT2D eigenvalue weighted by atomic mass is 10.1. The van der Waals surface area contributed by atoms with Gasteiger partial charge in [-0.1, -0.05) is 47.6 Å². The Morgan fingerprint density at radius 2 is 1.80 bits per heavy atom. The van der Waals surface area contributed by atoms with Crippen LogP contribution in [-0.4, -0.2) is 15.5 Å². The van der Waals surface area contributed by atoms with Gasteiger partial charge in [0.05, 0.1) is 0 Å². The van der Waals surface area contributed by atoms with Gasteiger partial charge in [-0.15, -0.1) is 0 Å². The number of nitrogens with one attached hydrogen (secondary N) is 1. The first kappa shape index (κ1) is 17.6. The number of rotatable bonds is 6. The van der Waals surface area contributed by atoms with Crippen LogP contribution in [0.3, 0.4) is 0 Å². The smallest absolute Gasteiger partial charge is 0.251 e. The topological polar surface area (TPSA) is 46.9 Å². The Kier molecular flexibility index (Phi) is 5.79. The van der Waals surface area contributed by atoms with Crippen molar-refractivity contribution in [1.29, 1.82) is 0 Å². The van der Waals surface area contributed by atoms with E-state index >= 15 is 0 Å². The molecule has 0 fully saturated rings. The lowest BCUT2D eigenvalue weighted by molar-refractivity contribution is 0.0951. The van der Waals surface area contributed by atoms with Gasteiger partial charge in [-0.05, 0) is 35.4 Å². The van der Waals surface area contributed by atoms with Gasteiger partial charge >= 0.3 is 0 Å². The first-order chi connectivity index (χ1) is 12.1. The molecule has 0 atom stereocenters. The molecule has 1 heterocycles. The van der Waals surface area contributed by atoms with Gasteiger partial charge in [-0.2, -0.15) is 0 Å². The maximum Gasteiger partial charge on any atom is 0.251 e. The Morgan fingerprint density at radius 3 is 2.44 bits per heavy atom. The second-order valence-electron chi connectivity index (χ2n) is 5.62. The van der Waals surface area contributed by atoms with Crippen molar-refractivity contribution in [2.24, 2.45) is 7.05 Å². The van der Waals surface area contributed by atoms with E-state index in [0.717, 1.165) is 22.0 Å². The molecule has 4 nitrogen and oxygen atoms in total. The van der Waals surface area contributed by atoms with Crippen LogP contribution in [0.25, 0.3) is 0 Å². The van der Waals surface area contributed by atoms with E-state index in [9.17, 15) is 4.79 Å². The fraction of sp³-hybridized carbons (Fsp3) is 0.158. The summed E-state index contributed by atoms with van der Waals surface area (Å²) in [6.07, 6.45) is 3.72. The molecule has 0 aliphatic rings. The minimum Gasteiger partial charge on any atom is -0.348 e. The molecular weight excluding hydrogens is 354 g/mol. The standard InChI is InChI=1S/C19H18ClN3OS/c1-23-11-10-21-19(23)25-13-15-2-6-16(7-3-15)18(24)22-12-14-4-8-17(20)9-5-14/h2-11H,12-13H2,1H3,(H,22,24). The van der Waals surface area contributed by atoms with Crippen molar-refractivity contribution in [3.8, 4) is 0 Å². The van der Waals surface area contributed by atoms with Crippen LogP contribution in [-0.2, 0) is 19.3 Å². The minimum absolute atomic E-state index is 0.0849. The Balaban J connectivity index is 1.53. The second kappa shape index (κ2) is 8.23. The van der Waals surface area contributed by atoms with Crippen molar-refractivity contribution in [2.75, 3.05) is 0 Å². The summed E-state index contributed by atoms with van der Waals surface area (Å²) in [6.45, 7) is 0.479. The third-order valence-electron chi connectivity index (χ3n) is 3.73. The molecule has 0 aliphatic carbocycles. The summed E-state index contributed by atoms with van der Waals surface area (Å²) in [4.78, 5) is 16.5. The highest BCUT2D eigenvalue weighted by Crippen LogP contribution is 2.20. The van der Waals surface area contributed by atoms with E-state index in [0.29, 0.717) is 17.1 Å². The predicted octanol–water partition coefficient (Wildman–Crippen LogP) is 4.30. The Morgan fingerprint density at radius 1 is 1.12 bits per heavy atom. The lowest BCUT2D eigenvalue weighted by Crippen LogP contribution is -2.22. The lowest BCUT2D eigenvalue weighted by Gasteiger charge is -2.07. The summed E-state index contributed by atoms with van der Waals surface area (Å²) >= 11 is 7.53. The van der Waals surface area contributed by atoms with Crippen LogP contribution in [0.2, 0.25) is 5.02 Å². The van der Waals surface area contributed by atoms with Crippen LogP contribution in [0.1, 0.15) is 21.5 Å². The van der Waals surface area contributed by atoms with Gasteiger partial charge in [-0.25, -0.2) is 4.98 Å². The van der Waals surface area contributed by atoms with E-state index in [1.165, 1.54) is 0 Å². The molecule has 0 bridgehead atoms. The van der Waals surface area contributed by atoms with Gasteiger partial charge in [0.2, 0.25) is 0 Å². The SMILES string of the molecule is Cn1ccnc1SCc1ccc(C(=O)NCc2ccc(Cl)cc2)cc1. The highest BCUT2D eigenvalue weighted by molar-refractivity contribution is 7.98. The molecule has 1 amide bonds. The minimum atomic E-state index is -0.0849. The highest BCUT2D eigenvalue weighted by atomic mass is 35.5. The van der Waals surface area contributed by atoms with E-state index < -0.39 is 0 Å². The summed E-state index contributed by atoms with van der Waals surface area (Å²) in [5, 5.41) is 4.58. The normalized spacial score (nSPS) is 10.6. The van der Waals surface area contributed by atoms with E-state index in [-0.39, 0.29) is 5.91 Å². The number of carbonyl (C=O) groups excluding carboxylic acids is 1. The molecule has 0 saturated heterocycles. The summed E-state index contributed by atoms with van der Waals surface area (Å²) < 4.78 is 1.99. The van der Waals surface area contributed by atoms with Crippen molar-refractivity contribution in [3.05, 3.63) is 82.6 Å². The number of benzene rings is 2. The van der Waals surface area contributed by atoms with Gasteiger partial charge in [0.25, 0.3) is 5.91 Å². The monoisotopic (exact) mass is 371 g/mol. The van der Waals surface area contributed by atoms with Crippen molar-refractivity contribution < 1.29 is 4.79 Å². The molecule has 0 aliphatic heterocycles. The molecule has 3 aromatic rings. The highest BCUT2D eigenvalue weighted by Gasteiger charge is 2.06. The average Bonchev–Trinajstić information content (AvgIpc) is 3.04. The predicted molar refractivity (Wildman–Crippen MR) is 102 cm³/mol. The Hall–Kier alpha value is -2.24. The molecule has 6 heteroatoms. The van der Waals surface area contributed by atoms with Crippen LogP contribution in [0.5, 0.6) is 0 Å². The number of nitrogens with zero attached hydrogens (tertiary/aromatic N) is 2. The largest absolute Gasteiger partial charge is 0.348 e. The summed E-state index contributed by atoms with van der Waals surface area (Å²) in [6, 6.07) is 15.1. The zero-order valence-corrected chi connectivity index (χ0v) is 15.3. The number of thioether (sulfide) groups is 1. The van der Waals surface area contributed by atoms with Gasteiger partial charge in [-0.3, -0.25) is 4.79 Å². The van der Waals surface area contributed by atoms with Gasteiger partial charge < -0.3 is 9.88 Å². The van der Waals surface area contributed by atoms with E-state index in [2.05, 4.69) is 10.3 Å². The first-order valence-electron chi connectivity index (χ1n) is 7.83. The number of imidazole rings is 1. The molecule has 2 aromatic carbocycles. The molecule has 0 radical (unpaired) electrons. The Labute approximate surface area is 156 Å². The number of amides is 1. The van der Waals surface area contributed by atoms with Crippen molar-refractivity contribution in [2.45, 2.75) is 17.5 Å². The number of aryl methyl sites for hydroxylation is 1. The van der Waals surface area contributed by atoms with E-state index in [1.807, 2.05) is 66.3 Å². The maximum absolute atomic E-state index is 12.2. The van der Waals surface area contributed by atoms with Crippen LogP contribution >= 0.6 is 23.4 Å². The molecule has 0 unspecified atom stereocenters. The molecule has 25 heavy (non-hydrogen) atoms. The van der Waals surface area contributed by atoms with Crippen LogP contribution in [0.4, 0.5) is 0 Å². The van der Waals surface area contributed by atoms with Crippen LogP contribution < -0.4 is 5.32 Å². The molecular formula is C19H18ClN3OS. The molecule has 1 aromatic heterocycles. The fourth-order valence-electron chi connectivity index (χ4n) is 2.28. The van der Waals surface area contributed by atoms with E-state index in [1.54, 1.807) is 18.0 Å². The number of carbonyl (C=O) groups is 1. The van der Waals surface area contributed by atoms with Gasteiger partial charge in [0, 0.05) is 42.3 Å². The maximum atomic E-state index is 12.2. The van der Waals surface area contributed by atoms with Crippen molar-refractivity contribution >= 4 is 29.3 Å². The first-order valence-corrected chi connectivity index (χ1v) is 9.20. The summed E-state index contributed by atoms with van der Waals surface area (Å²) in [5.74, 6) is 0.732. The molecule has 3 rings (SSSR count). The molecule has 1 N–H and O–H groups in total. The Bertz CT molecular complexity index is 844. The van der Waals surface area contributed by atoms with E-state index in [4.69, 9.17) is 11.6 Å². The quantitative estimate of drug-likeness (QED) is 0.657. The average molecular weight is 372 g/mol. The molecule has 0 saturated carbocycles. The zero-order valence-electron chi connectivity index (χ0n) is 13.8. The molecule has 128 valence electrons. The summed E-state index contributed by atoms with van der Waals surface area (Å²) in [7, 11) is 1.98. The number of hydrogen-bond acceptors (Lipinski definition) is 3. The fourth-order valence-corrected chi connectivity index (χ4v) is 3.29. The third-order valence-corrected chi connectivity index (χ3v) is 5.11. The number of hydrogen-bond donors (Lipinski definition) is 1. The van der Waals surface area contributed by atoms with Gasteiger partial charge in [0.1, 0.15) is 0 Å². The van der Waals surface area contributed by atoms with Gasteiger partial charge in [0.15, 0.2) is 5.16 Å². The number of aromatic nitrogens is 2. The van der Waals surface area contributed by atoms with Crippen molar-refractivity contribution in [3.63, 3.8) is 0 Å². The van der Waals surface area contributed by atoms with Crippen molar-refractivity contribution in [1.82, 2.24) is 14.9 Å². The number of halogens is 1. The zero-order chi connectivity index (χ0) is 17.6. The third kappa shape index (κ3) is 4.87. The second-order valence-corrected chi connectivity index (χ2v) is 6.99. The van der Waals surface area contributed by atoms with Crippen LogP contribution in [0.15, 0.2) is 66.1 Å². The molecule has 0 spiro atoms. The van der Waals surface area contributed by atoms with Crippen LogP contribution in [0, 0.1) is 0 Å².